The molecular weight excluding hydrogens is 364 g/mol. The summed E-state index contributed by atoms with van der Waals surface area (Å²) in [5.41, 5.74) is 2.04. The average Bonchev–Trinajstić information content (AvgIpc) is 2.74. The lowest BCUT2D eigenvalue weighted by molar-refractivity contribution is 0.0556. The maximum Gasteiger partial charge on any atom is 0.123 e. The van der Waals surface area contributed by atoms with E-state index in [0.717, 1.165) is 30.1 Å². The van der Waals surface area contributed by atoms with Crippen LogP contribution in [0.15, 0.2) is 42.9 Å². The third-order valence-electron chi connectivity index (χ3n) is 5.59. The molecule has 1 aromatic heterocycles. The highest BCUT2D eigenvalue weighted by Crippen LogP contribution is 2.23. The molecule has 0 bridgehead atoms. The number of aliphatic hydroxyl groups is 1. The minimum absolute atomic E-state index is 0.307. The Morgan fingerprint density at radius 2 is 1.90 bits per heavy atom. The van der Waals surface area contributed by atoms with Crippen LogP contribution < -0.4 is 4.74 Å². The van der Waals surface area contributed by atoms with E-state index in [1.54, 1.807) is 18.6 Å². The quantitative estimate of drug-likeness (QED) is 0.664. The highest BCUT2D eigenvalue weighted by molar-refractivity contribution is 5.33. The van der Waals surface area contributed by atoms with Crippen molar-refractivity contribution in [3.63, 3.8) is 0 Å². The zero-order valence-corrected chi connectivity index (χ0v) is 17.7. The largest absolute Gasteiger partial charge is 0.491 e. The zero-order chi connectivity index (χ0) is 20.5. The lowest BCUT2D eigenvalue weighted by Crippen LogP contribution is -2.40. The van der Waals surface area contributed by atoms with Crippen molar-refractivity contribution < 1.29 is 9.84 Å². The van der Waals surface area contributed by atoms with Gasteiger partial charge in [-0.3, -0.25) is 14.9 Å². The van der Waals surface area contributed by atoms with Gasteiger partial charge in [-0.25, -0.2) is 0 Å². The first kappa shape index (κ1) is 21.7. The number of nitrogens with zero attached hydrogens (tertiary/aromatic N) is 4. The Balaban J connectivity index is 1.49. The van der Waals surface area contributed by atoms with Crippen LogP contribution in [0.25, 0.3) is 0 Å². The number of aliphatic hydroxyl groups excluding tert-OH is 1. The van der Waals surface area contributed by atoms with E-state index in [9.17, 15) is 5.11 Å². The summed E-state index contributed by atoms with van der Waals surface area (Å²) < 4.78 is 6.01. The lowest BCUT2D eigenvalue weighted by Gasteiger charge is -2.32. The molecule has 6 heteroatoms. The van der Waals surface area contributed by atoms with Gasteiger partial charge in [-0.2, -0.15) is 0 Å². The number of likely N-dealkylation sites (N-methyl/N-ethyl adjacent to an activating group) is 1. The number of hydrogen-bond donors (Lipinski definition) is 1. The molecule has 0 radical (unpaired) electrons. The predicted octanol–water partition coefficient (Wildman–Crippen LogP) is 3.11. The van der Waals surface area contributed by atoms with Crippen LogP contribution in [0, 0.1) is 0 Å². The van der Waals surface area contributed by atoms with Crippen molar-refractivity contribution in [1.82, 2.24) is 19.8 Å². The molecule has 1 N–H and O–H groups in total. The van der Waals surface area contributed by atoms with Gasteiger partial charge in [0.1, 0.15) is 18.5 Å². The summed E-state index contributed by atoms with van der Waals surface area (Å²) in [4.78, 5) is 12.9. The minimum Gasteiger partial charge on any atom is -0.491 e. The van der Waals surface area contributed by atoms with Crippen molar-refractivity contribution in [3.8, 4) is 5.75 Å². The molecule has 1 atom stereocenters. The van der Waals surface area contributed by atoms with Crippen molar-refractivity contribution in [2.75, 3.05) is 27.2 Å². The Kier molecular flexibility index (Phi) is 8.40. The van der Waals surface area contributed by atoms with E-state index in [2.05, 4.69) is 39.9 Å². The first-order valence-electron chi connectivity index (χ1n) is 10.6. The van der Waals surface area contributed by atoms with Gasteiger partial charge in [-0.15, -0.1) is 0 Å². The first-order chi connectivity index (χ1) is 14.1. The van der Waals surface area contributed by atoms with Crippen LogP contribution in [0.1, 0.15) is 43.4 Å². The lowest BCUT2D eigenvalue weighted by atomic mass is 9.94. The molecule has 1 fully saturated rings. The highest BCUT2D eigenvalue weighted by atomic mass is 16.5. The van der Waals surface area contributed by atoms with E-state index in [1.807, 2.05) is 18.2 Å². The fourth-order valence-electron chi connectivity index (χ4n) is 4.05. The van der Waals surface area contributed by atoms with E-state index < -0.39 is 6.10 Å². The first-order valence-corrected chi connectivity index (χ1v) is 10.6. The Morgan fingerprint density at radius 3 is 2.66 bits per heavy atom. The summed E-state index contributed by atoms with van der Waals surface area (Å²) in [5, 5.41) is 10.5. The molecule has 0 aliphatic heterocycles. The van der Waals surface area contributed by atoms with Gasteiger partial charge in [0.15, 0.2) is 0 Å². The van der Waals surface area contributed by atoms with Gasteiger partial charge in [0.25, 0.3) is 0 Å². The van der Waals surface area contributed by atoms with Gasteiger partial charge < -0.3 is 14.7 Å². The number of ether oxygens (including phenoxy) is 1. The normalized spacial score (nSPS) is 16.3. The topological polar surface area (TPSA) is 61.7 Å². The summed E-state index contributed by atoms with van der Waals surface area (Å²) >= 11 is 0. The molecule has 6 nitrogen and oxygen atoms in total. The van der Waals surface area contributed by atoms with Crippen LogP contribution in [0.3, 0.4) is 0 Å². The van der Waals surface area contributed by atoms with Gasteiger partial charge in [-0.1, -0.05) is 37.5 Å². The molecule has 0 amide bonds. The molecule has 29 heavy (non-hydrogen) atoms. The molecule has 3 rings (SSSR count). The van der Waals surface area contributed by atoms with Crippen LogP contribution in [0.2, 0.25) is 0 Å². The van der Waals surface area contributed by atoms with Crippen molar-refractivity contribution in [1.29, 1.82) is 0 Å². The predicted molar refractivity (Wildman–Crippen MR) is 115 cm³/mol. The summed E-state index contributed by atoms with van der Waals surface area (Å²) in [6.45, 7) is 2.42. The third-order valence-corrected chi connectivity index (χ3v) is 5.59. The van der Waals surface area contributed by atoms with Crippen LogP contribution in [-0.2, 0) is 13.1 Å². The Hall–Kier alpha value is -2.02. The molecule has 0 unspecified atom stereocenters. The molecule has 1 heterocycles. The molecule has 1 aliphatic carbocycles. The van der Waals surface area contributed by atoms with Gasteiger partial charge in [-0.05, 0) is 33.0 Å². The standard InChI is InChI=1S/C23H34N4O2/c1-26(16-20-14-24-12-13-25-20)15-19-8-6-7-11-23(19)29-18-22(28)17-27(2)21-9-4-3-5-10-21/h6-8,11-14,21-22,28H,3-5,9-10,15-18H2,1-2H3/t22-/m0/s1. The number of hydrogen-bond acceptors (Lipinski definition) is 6. The van der Waals surface area contributed by atoms with E-state index in [-0.39, 0.29) is 0 Å². The summed E-state index contributed by atoms with van der Waals surface area (Å²) in [5.74, 6) is 0.831. The van der Waals surface area contributed by atoms with Crippen molar-refractivity contribution in [2.24, 2.45) is 0 Å². The molecule has 158 valence electrons. The van der Waals surface area contributed by atoms with Gasteiger partial charge in [0.2, 0.25) is 0 Å². The van der Waals surface area contributed by atoms with Crippen LogP contribution in [0.5, 0.6) is 5.75 Å². The second-order valence-electron chi connectivity index (χ2n) is 8.17. The monoisotopic (exact) mass is 398 g/mol. The van der Waals surface area contributed by atoms with Crippen LogP contribution >= 0.6 is 0 Å². The van der Waals surface area contributed by atoms with E-state index in [1.165, 1.54) is 32.1 Å². The van der Waals surface area contributed by atoms with Gasteiger partial charge in [0.05, 0.1) is 5.69 Å². The molecule has 1 aliphatic rings. The fraction of sp³-hybridized carbons (Fsp3) is 0.565. The highest BCUT2D eigenvalue weighted by Gasteiger charge is 2.20. The second kappa shape index (κ2) is 11.2. The van der Waals surface area contributed by atoms with Crippen molar-refractivity contribution in [2.45, 2.75) is 57.3 Å². The number of para-hydroxylation sites is 1. The zero-order valence-electron chi connectivity index (χ0n) is 17.7. The number of rotatable bonds is 10. The van der Waals surface area contributed by atoms with Crippen LogP contribution in [-0.4, -0.2) is 64.3 Å². The van der Waals surface area contributed by atoms with E-state index in [4.69, 9.17) is 4.74 Å². The summed E-state index contributed by atoms with van der Waals surface area (Å²) in [6.07, 6.45) is 11.1. The van der Waals surface area contributed by atoms with Gasteiger partial charge >= 0.3 is 0 Å². The molecule has 1 saturated carbocycles. The van der Waals surface area contributed by atoms with E-state index in [0.29, 0.717) is 19.2 Å². The molecule has 0 saturated heterocycles. The maximum absolute atomic E-state index is 10.5. The Labute approximate surface area is 174 Å². The molecular formula is C23H34N4O2. The SMILES string of the molecule is CN(Cc1cnccn1)Cc1ccccc1OC[C@@H](O)CN(C)C1CCCCC1. The fourth-order valence-corrected chi connectivity index (χ4v) is 4.05. The summed E-state index contributed by atoms with van der Waals surface area (Å²) in [6, 6.07) is 8.64. The third kappa shape index (κ3) is 7.07. The Bertz CT molecular complexity index is 722. The average molecular weight is 399 g/mol. The summed E-state index contributed by atoms with van der Waals surface area (Å²) in [7, 11) is 4.17. The molecule has 1 aromatic carbocycles. The number of aromatic nitrogens is 2. The minimum atomic E-state index is -0.493. The second-order valence-corrected chi connectivity index (χ2v) is 8.17. The molecule has 2 aromatic rings. The van der Waals surface area contributed by atoms with Crippen molar-refractivity contribution >= 4 is 0 Å². The van der Waals surface area contributed by atoms with Crippen molar-refractivity contribution in [3.05, 3.63) is 54.1 Å². The van der Waals surface area contributed by atoms with Crippen LogP contribution in [0.4, 0.5) is 0 Å². The number of benzene rings is 1. The molecule has 0 spiro atoms. The maximum atomic E-state index is 10.5. The smallest absolute Gasteiger partial charge is 0.123 e. The van der Waals surface area contributed by atoms with E-state index >= 15 is 0 Å². The van der Waals surface area contributed by atoms with Gasteiger partial charge in [0, 0.05) is 49.8 Å². The Morgan fingerprint density at radius 1 is 1.10 bits per heavy atom.